The van der Waals surface area contributed by atoms with Crippen molar-refractivity contribution in [2.75, 3.05) is 40.9 Å². The number of carbonyl (C=O) groups excluding carboxylic acids is 1. The van der Waals surface area contributed by atoms with Gasteiger partial charge in [-0.15, -0.1) is 0 Å². The lowest BCUT2D eigenvalue weighted by molar-refractivity contribution is -0.870. The topological polar surface area (TPSA) is 105 Å². The third kappa shape index (κ3) is 65.1. The maximum Gasteiger partial charge on any atom is 0.472 e. The van der Waals surface area contributed by atoms with Crippen LogP contribution >= 0.6 is 7.82 Å². The lowest BCUT2D eigenvalue weighted by Crippen LogP contribution is -2.46. The summed E-state index contributed by atoms with van der Waals surface area (Å²) in [5.41, 5.74) is 0. The van der Waals surface area contributed by atoms with Crippen LogP contribution in [-0.4, -0.2) is 73.4 Å². The summed E-state index contributed by atoms with van der Waals surface area (Å²) in [7, 11) is 1.64. The van der Waals surface area contributed by atoms with E-state index in [1.54, 1.807) is 0 Å². The van der Waals surface area contributed by atoms with Gasteiger partial charge in [0, 0.05) is 6.42 Å². The Labute approximate surface area is 501 Å². The number of amides is 1. The molecule has 480 valence electrons. The number of hydrogen-bond acceptors (Lipinski definition) is 5. The van der Waals surface area contributed by atoms with Crippen LogP contribution in [0, 0.1) is 0 Å². The normalized spacial score (nSPS) is 13.5. The number of phosphoric ester groups is 1. The van der Waals surface area contributed by atoms with Crippen LogP contribution in [0.1, 0.15) is 399 Å². The van der Waals surface area contributed by atoms with Crippen LogP contribution in [0.4, 0.5) is 0 Å². The van der Waals surface area contributed by atoms with Gasteiger partial charge < -0.3 is 19.8 Å². The number of likely N-dealkylation sites (N-methyl/N-ethyl adjacent to an activating group) is 1. The molecule has 9 heteroatoms. The number of aliphatic hydroxyl groups excluding tert-OH is 1. The van der Waals surface area contributed by atoms with Gasteiger partial charge in [0.05, 0.1) is 39.9 Å². The summed E-state index contributed by atoms with van der Waals surface area (Å²) in [6.45, 7) is 4.96. The Hall–Kier alpha value is -0.500. The van der Waals surface area contributed by atoms with E-state index in [1.807, 2.05) is 21.1 Å². The molecule has 0 bridgehead atoms. The van der Waals surface area contributed by atoms with Gasteiger partial charge in [-0.05, 0) is 12.8 Å². The molecule has 0 saturated carbocycles. The highest BCUT2D eigenvalue weighted by Crippen LogP contribution is 2.43. The molecule has 0 heterocycles. The zero-order valence-corrected chi connectivity index (χ0v) is 56.0. The molecule has 8 nitrogen and oxygen atoms in total. The fourth-order valence-electron chi connectivity index (χ4n) is 11.7. The van der Waals surface area contributed by atoms with Gasteiger partial charge in [0.15, 0.2) is 0 Å². The molecule has 1 amide bonds. The van der Waals surface area contributed by atoms with Crippen LogP contribution in [0.3, 0.4) is 0 Å². The third-order valence-corrected chi connectivity index (χ3v) is 18.3. The van der Waals surface area contributed by atoms with E-state index in [0.29, 0.717) is 23.9 Å². The number of carbonyl (C=O) groups is 1. The maximum atomic E-state index is 13.1. The van der Waals surface area contributed by atoms with E-state index in [4.69, 9.17) is 9.05 Å². The summed E-state index contributed by atoms with van der Waals surface area (Å²) in [6.07, 6.45) is 79.5. The van der Waals surface area contributed by atoms with E-state index in [9.17, 15) is 19.4 Å². The van der Waals surface area contributed by atoms with E-state index >= 15 is 0 Å². The van der Waals surface area contributed by atoms with Gasteiger partial charge in [-0.3, -0.25) is 13.8 Å². The second-order valence-corrected chi connectivity index (χ2v) is 28.1. The number of hydrogen-bond donors (Lipinski definition) is 3. The second kappa shape index (κ2) is 63.0. The minimum absolute atomic E-state index is 0.0794. The molecular formula is C71H146N2O6P+. The van der Waals surface area contributed by atoms with E-state index < -0.39 is 20.0 Å². The molecule has 0 aliphatic carbocycles. The molecule has 80 heavy (non-hydrogen) atoms. The van der Waals surface area contributed by atoms with Gasteiger partial charge in [-0.1, -0.05) is 380 Å². The lowest BCUT2D eigenvalue weighted by Gasteiger charge is -2.26. The predicted octanol–water partition coefficient (Wildman–Crippen LogP) is 23.1. The minimum atomic E-state index is -4.32. The van der Waals surface area contributed by atoms with E-state index in [0.717, 1.165) is 38.5 Å². The number of nitrogens with one attached hydrogen (secondary N) is 1. The molecule has 0 spiro atoms. The van der Waals surface area contributed by atoms with Crippen molar-refractivity contribution in [1.82, 2.24) is 5.32 Å². The van der Waals surface area contributed by atoms with Crippen molar-refractivity contribution in [3.8, 4) is 0 Å². The Morgan fingerprint density at radius 2 is 0.600 bits per heavy atom. The van der Waals surface area contributed by atoms with Crippen molar-refractivity contribution in [3.63, 3.8) is 0 Å². The number of quaternary nitrogens is 1. The monoisotopic (exact) mass is 1150 g/mol. The summed E-state index contributed by atoms with van der Waals surface area (Å²) in [5.74, 6) is -0.133. The average Bonchev–Trinajstić information content (AvgIpc) is 3.42. The van der Waals surface area contributed by atoms with Gasteiger partial charge in [0.25, 0.3) is 0 Å². The number of unbranched alkanes of at least 4 members (excludes halogenated alkanes) is 56. The highest BCUT2D eigenvalue weighted by Gasteiger charge is 2.28. The van der Waals surface area contributed by atoms with E-state index in [1.165, 1.54) is 334 Å². The molecule has 0 aromatic carbocycles. The molecule has 3 atom stereocenters. The van der Waals surface area contributed by atoms with Crippen LogP contribution in [0.25, 0.3) is 0 Å². The SMILES string of the molecule is CCCCCCCCCCCCCCCCCCCCCCCCCCCCCCCCCCCCCCCCCC(=O)NC(COP(=O)(O)OCC[N+](C)(C)C)C(O)CCCCCCCCCCCCCCCCCCCCC. The number of rotatable bonds is 69. The third-order valence-electron chi connectivity index (χ3n) is 17.4. The van der Waals surface area contributed by atoms with Crippen molar-refractivity contribution in [2.24, 2.45) is 0 Å². The number of phosphoric acid groups is 1. The van der Waals surface area contributed by atoms with Crippen molar-refractivity contribution < 1.29 is 32.9 Å². The zero-order valence-electron chi connectivity index (χ0n) is 55.1. The quantitative estimate of drug-likeness (QED) is 0.0318. The fourth-order valence-corrected chi connectivity index (χ4v) is 12.4. The van der Waals surface area contributed by atoms with Gasteiger partial charge in [0.1, 0.15) is 13.2 Å². The highest BCUT2D eigenvalue weighted by molar-refractivity contribution is 7.47. The first-order valence-electron chi connectivity index (χ1n) is 36.4. The number of aliphatic hydroxyl groups is 1. The Morgan fingerprint density at radius 3 is 0.838 bits per heavy atom. The molecule has 0 aromatic rings. The first-order valence-corrected chi connectivity index (χ1v) is 37.9. The van der Waals surface area contributed by atoms with E-state index in [2.05, 4.69) is 19.2 Å². The number of nitrogens with zero attached hydrogens (tertiary/aromatic N) is 1. The Bertz CT molecular complexity index is 1260. The van der Waals surface area contributed by atoms with Gasteiger partial charge in [0.2, 0.25) is 5.91 Å². The van der Waals surface area contributed by atoms with Crippen LogP contribution in [0.2, 0.25) is 0 Å². The summed E-state index contributed by atoms with van der Waals surface area (Å²) in [5, 5.41) is 14.1. The zero-order chi connectivity index (χ0) is 58.4. The largest absolute Gasteiger partial charge is 0.472 e. The first-order chi connectivity index (χ1) is 39.0. The summed E-state index contributed by atoms with van der Waals surface area (Å²) < 4.78 is 23.9. The Kier molecular flexibility index (Phi) is 62.6. The van der Waals surface area contributed by atoms with Gasteiger partial charge in [-0.2, -0.15) is 0 Å². The average molecular weight is 1150 g/mol. The van der Waals surface area contributed by atoms with E-state index in [-0.39, 0.29) is 19.1 Å². The predicted molar refractivity (Wildman–Crippen MR) is 351 cm³/mol. The summed E-state index contributed by atoms with van der Waals surface area (Å²) >= 11 is 0. The van der Waals surface area contributed by atoms with Gasteiger partial charge >= 0.3 is 7.82 Å². The second-order valence-electron chi connectivity index (χ2n) is 26.7. The van der Waals surface area contributed by atoms with Crippen LogP contribution in [0.5, 0.6) is 0 Å². The molecule has 0 aliphatic heterocycles. The maximum absolute atomic E-state index is 13.1. The molecule has 0 radical (unpaired) electrons. The molecule has 3 unspecified atom stereocenters. The molecule has 0 aliphatic rings. The molecule has 0 saturated heterocycles. The fraction of sp³-hybridized carbons (Fsp3) is 0.986. The van der Waals surface area contributed by atoms with Crippen molar-refractivity contribution in [3.05, 3.63) is 0 Å². The molecule has 0 rings (SSSR count). The Morgan fingerprint density at radius 1 is 0.375 bits per heavy atom. The minimum Gasteiger partial charge on any atom is -0.391 e. The standard InChI is InChI=1S/C71H145N2O6P/c1-6-8-10-12-14-16-18-20-22-24-26-27-28-29-30-31-32-33-34-35-36-37-38-39-40-41-42-43-44-45-47-49-51-53-55-57-59-61-63-65-71(75)72-69(68-79-80(76,77)78-67-66-73(3,4)5)70(74)64-62-60-58-56-54-52-50-48-46-25-23-21-19-17-15-13-11-9-7-2/h69-70,74H,6-68H2,1-5H3,(H-,72,75,76,77)/p+1. The van der Waals surface area contributed by atoms with Gasteiger partial charge in [-0.25, -0.2) is 4.57 Å². The van der Waals surface area contributed by atoms with Crippen LogP contribution in [-0.2, 0) is 18.4 Å². The smallest absolute Gasteiger partial charge is 0.391 e. The van der Waals surface area contributed by atoms with Crippen molar-refractivity contribution in [2.45, 2.75) is 411 Å². The highest BCUT2D eigenvalue weighted by atomic mass is 31.2. The van der Waals surface area contributed by atoms with Crippen molar-refractivity contribution >= 4 is 13.7 Å². The summed E-state index contributed by atoms with van der Waals surface area (Å²) in [4.78, 5) is 23.4. The Balaban J connectivity index is 3.85. The van der Waals surface area contributed by atoms with Crippen molar-refractivity contribution in [1.29, 1.82) is 0 Å². The van der Waals surface area contributed by atoms with Crippen LogP contribution in [0.15, 0.2) is 0 Å². The molecular weight excluding hydrogens is 1010 g/mol. The lowest BCUT2D eigenvalue weighted by atomic mass is 10.0. The molecule has 0 aromatic heterocycles. The molecule has 3 N–H and O–H groups in total. The molecule has 0 fully saturated rings. The summed E-state index contributed by atoms with van der Waals surface area (Å²) in [6, 6.07) is -0.756. The van der Waals surface area contributed by atoms with Crippen LogP contribution < -0.4 is 5.32 Å². The first kappa shape index (κ1) is 79.5.